The molecule has 152 valence electrons. The van der Waals surface area contributed by atoms with Crippen molar-refractivity contribution in [3.63, 3.8) is 0 Å². The summed E-state index contributed by atoms with van der Waals surface area (Å²) in [6.07, 6.45) is 1.77. The Kier molecular flexibility index (Phi) is 4.88. The van der Waals surface area contributed by atoms with Crippen LogP contribution in [0.5, 0.6) is 5.88 Å². The highest BCUT2D eigenvalue weighted by Gasteiger charge is 2.16. The van der Waals surface area contributed by atoms with Gasteiger partial charge in [0.2, 0.25) is 5.88 Å². The minimum Gasteiger partial charge on any atom is -0.470 e. The summed E-state index contributed by atoms with van der Waals surface area (Å²) in [6, 6.07) is 24.1. The third-order valence-electron chi connectivity index (χ3n) is 5.22. The molecule has 0 radical (unpaired) electrons. The molecule has 31 heavy (non-hydrogen) atoms. The van der Waals surface area contributed by atoms with Crippen LogP contribution in [0.3, 0.4) is 0 Å². The van der Waals surface area contributed by atoms with Crippen LogP contribution in [-0.4, -0.2) is 24.8 Å². The number of fused-ring (bicyclic) bond motifs is 1. The molecule has 0 unspecified atom stereocenters. The molecule has 3 heterocycles. The van der Waals surface area contributed by atoms with Crippen LogP contribution in [0.15, 0.2) is 79.0 Å². The number of aromatic nitrogens is 5. The highest BCUT2D eigenvalue weighted by atomic mass is 16.5. The lowest BCUT2D eigenvalue weighted by Crippen LogP contribution is -2.06. The zero-order valence-electron chi connectivity index (χ0n) is 17.4. The number of aryl methyl sites for hydroxylation is 2. The molecule has 6 nitrogen and oxygen atoms in total. The van der Waals surface area contributed by atoms with E-state index in [-0.39, 0.29) is 0 Å². The zero-order chi connectivity index (χ0) is 21.2. The molecule has 0 bridgehead atoms. The van der Waals surface area contributed by atoms with Gasteiger partial charge >= 0.3 is 0 Å². The monoisotopic (exact) mass is 407 g/mol. The molecule has 0 saturated heterocycles. The average molecular weight is 407 g/mol. The zero-order valence-corrected chi connectivity index (χ0v) is 17.4. The molecule has 0 spiro atoms. The van der Waals surface area contributed by atoms with E-state index in [1.807, 2.05) is 67.6 Å². The molecule has 2 aromatic carbocycles. The first-order valence-corrected chi connectivity index (χ1v) is 10.1. The third kappa shape index (κ3) is 3.75. The number of benzene rings is 2. The molecule has 0 N–H and O–H groups in total. The summed E-state index contributed by atoms with van der Waals surface area (Å²) >= 11 is 0. The van der Waals surface area contributed by atoms with Crippen LogP contribution in [0, 0.1) is 13.8 Å². The highest BCUT2D eigenvalue weighted by Crippen LogP contribution is 2.31. The van der Waals surface area contributed by atoms with E-state index < -0.39 is 0 Å². The van der Waals surface area contributed by atoms with Gasteiger partial charge in [-0.3, -0.25) is 4.98 Å². The van der Waals surface area contributed by atoms with Crippen LogP contribution < -0.4 is 4.74 Å². The van der Waals surface area contributed by atoms with E-state index in [4.69, 9.17) is 9.84 Å². The SMILES string of the molecule is Cc1ccc(-c2nnc3cc(-c4ccccc4)c(OCc4ncccc4C)nn23)cc1. The quantitative estimate of drug-likeness (QED) is 0.408. The van der Waals surface area contributed by atoms with Gasteiger partial charge < -0.3 is 4.74 Å². The Morgan fingerprint density at radius 2 is 1.65 bits per heavy atom. The smallest absolute Gasteiger partial charge is 0.240 e. The lowest BCUT2D eigenvalue weighted by molar-refractivity contribution is 0.285. The number of ether oxygens (including phenoxy) is 1. The van der Waals surface area contributed by atoms with Gasteiger partial charge in [-0.2, -0.15) is 4.52 Å². The van der Waals surface area contributed by atoms with Crippen LogP contribution in [0.4, 0.5) is 0 Å². The fraction of sp³-hybridized carbons (Fsp3) is 0.120. The van der Waals surface area contributed by atoms with Crippen LogP contribution in [0.25, 0.3) is 28.2 Å². The molecule has 3 aromatic heterocycles. The maximum Gasteiger partial charge on any atom is 0.240 e. The van der Waals surface area contributed by atoms with E-state index in [1.54, 1.807) is 10.7 Å². The number of hydrogen-bond donors (Lipinski definition) is 0. The van der Waals surface area contributed by atoms with Crippen molar-refractivity contribution < 1.29 is 4.74 Å². The molecular weight excluding hydrogens is 386 g/mol. The Balaban J connectivity index is 1.61. The minimum atomic E-state index is 0.326. The lowest BCUT2D eigenvalue weighted by atomic mass is 10.1. The maximum absolute atomic E-state index is 6.20. The normalized spacial score (nSPS) is 11.0. The largest absolute Gasteiger partial charge is 0.470 e. The molecule has 0 aliphatic rings. The summed E-state index contributed by atoms with van der Waals surface area (Å²) in [5.74, 6) is 1.19. The van der Waals surface area contributed by atoms with E-state index in [2.05, 4.69) is 34.2 Å². The van der Waals surface area contributed by atoms with E-state index in [0.29, 0.717) is 24.0 Å². The summed E-state index contributed by atoms with van der Waals surface area (Å²) < 4.78 is 7.93. The van der Waals surface area contributed by atoms with Gasteiger partial charge in [0.15, 0.2) is 11.5 Å². The van der Waals surface area contributed by atoms with E-state index in [9.17, 15) is 0 Å². The van der Waals surface area contributed by atoms with Crippen molar-refractivity contribution in [2.75, 3.05) is 0 Å². The molecule has 5 rings (SSSR count). The van der Waals surface area contributed by atoms with E-state index in [0.717, 1.165) is 27.9 Å². The van der Waals surface area contributed by atoms with Crippen LogP contribution in [0.1, 0.15) is 16.8 Å². The average Bonchev–Trinajstić information content (AvgIpc) is 3.22. The fourth-order valence-corrected chi connectivity index (χ4v) is 3.44. The Morgan fingerprint density at radius 1 is 0.839 bits per heavy atom. The topological polar surface area (TPSA) is 65.2 Å². The summed E-state index contributed by atoms with van der Waals surface area (Å²) in [4.78, 5) is 4.44. The van der Waals surface area contributed by atoms with Gasteiger partial charge in [-0.05, 0) is 37.1 Å². The van der Waals surface area contributed by atoms with Crippen LogP contribution >= 0.6 is 0 Å². The standard InChI is InChI=1S/C25H21N5O/c1-17-10-12-20(13-11-17)24-28-27-23-15-21(19-8-4-3-5-9-19)25(29-30(23)24)31-16-22-18(2)7-6-14-26-22/h3-15H,16H2,1-2H3. The van der Waals surface area contributed by atoms with E-state index >= 15 is 0 Å². The van der Waals surface area contributed by atoms with Gasteiger partial charge in [0, 0.05) is 17.3 Å². The van der Waals surface area contributed by atoms with Gasteiger partial charge in [0.05, 0.1) is 5.69 Å². The van der Waals surface area contributed by atoms with Gasteiger partial charge in [0.25, 0.3) is 0 Å². The first-order chi connectivity index (χ1) is 15.2. The summed E-state index contributed by atoms with van der Waals surface area (Å²) in [7, 11) is 0. The summed E-state index contributed by atoms with van der Waals surface area (Å²) in [5, 5.41) is 13.5. The predicted molar refractivity (Wildman–Crippen MR) is 120 cm³/mol. The van der Waals surface area contributed by atoms with Crippen molar-refractivity contribution in [1.29, 1.82) is 0 Å². The minimum absolute atomic E-state index is 0.326. The lowest BCUT2D eigenvalue weighted by Gasteiger charge is -2.12. The Labute approximate surface area is 180 Å². The van der Waals surface area contributed by atoms with Crippen molar-refractivity contribution in [2.45, 2.75) is 20.5 Å². The van der Waals surface area contributed by atoms with Crippen molar-refractivity contribution in [1.82, 2.24) is 24.8 Å². The van der Waals surface area contributed by atoms with Crippen molar-refractivity contribution in [2.24, 2.45) is 0 Å². The molecule has 0 amide bonds. The van der Waals surface area contributed by atoms with Gasteiger partial charge in [-0.25, -0.2) is 0 Å². The number of nitrogens with zero attached hydrogens (tertiary/aromatic N) is 5. The first-order valence-electron chi connectivity index (χ1n) is 10.1. The third-order valence-corrected chi connectivity index (χ3v) is 5.22. The highest BCUT2D eigenvalue weighted by molar-refractivity contribution is 5.73. The molecule has 5 aromatic rings. The number of hydrogen-bond acceptors (Lipinski definition) is 5. The second-order valence-electron chi connectivity index (χ2n) is 7.44. The Bertz CT molecular complexity index is 1340. The van der Waals surface area contributed by atoms with Crippen LogP contribution in [0.2, 0.25) is 0 Å². The second kappa shape index (κ2) is 7.99. The fourth-order valence-electron chi connectivity index (χ4n) is 3.44. The van der Waals surface area contributed by atoms with Crippen molar-refractivity contribution >= 4 is 5.65 Å². The summed E-state index contributed by atoms with van der Waals surface area (Å²) in [5.41, 5.74) is 6.63. The van der Waals surface area contributed by atoms with Gasteiger partial charge in [-0.15, -0.1) is 15.3 Å². The molecular formula is C25H21N5O. The summed E-state index contributed by atoms with van der Waals surface area (Å²) in [6.45, 7) is 4.41. The molecule has 0 fully saturated rings. The Morgan fingerprint density at radius 3 is 2.42 bits per heavy atom. The van der Waals surface area contributed by atoms with Gasteiger partial charge in [-0.1, -0.05) is 66.2 Å². The molecule has 0 saturated carbocycles. The Hall–Kier alpha value is -4.06. The maximum atomic E-state index is 6.20. The predicted octanol–water partition coefficient (Wildman–Crippen LogP) is 5.05. The molecule has 0 aliphatic carbocycles. The molecule has 0 aliphatic heterocycles. The number of pyridine rings is 1. The first kappa shape index (κ1) is 18.9. The number of rotatable bonds is 5. The molecule has 0 atom stereocenters. The molecule has 6 heteroatoms. The van der Waals surface area contributed by atoms with Gasteiger partial charge in [0.1, 0.15) is 6.61 Å². The van der Waals surface area contributed by atoms with E-state index in [1.165, 1.54) is 5.56 Å². The van der Waals surface area contributed by atoms with Crippen molar-refractivity contribution in [3.05, 3.63) is 95.8 Å². The van der Waals surface area contributed by atoms with Crippen LogP contribution in [-0.2, 0) is 6.61 Å². The van der Waals surface area contributed by atoms with Crippen molar-refractivity contribution in [3.8, 4) is 28.4 Å². The second-order valence-corrected chi connectivity index (χ2v) is 7.44.